The fourth-order valence-electron chi connectivity index (χ4n) is 1.35. The molecule has 122 valence electrons. The molecule has 0 aliphatic heterocycles. The van der Waals surface area contributed by atoms with E-state index in [2.05, 4.69) is 10.5 Å². The van der Waals surface area contributed by atoms with Gasteiger partial charge in [-0.15, -0.1) is 0 Å². The highest BCUT2D eigenvalue weighted by Crippen LogP contribution is 2.37. The van der Waals surface area contributed by atoms with Gasteiger partial charge in [0.05, 0.1) is 27.5 Å². The van der Waals surface area contributed by atoms with Crippen LogP contribution in [0.25, 0.3) is 0 Å². The van der Waals surface area contributed by atoms with Crippen LogP contribution < -0.4 is 25.4 Å². The van der Waals surface area contributed by atoms with E-state index in [4.69, 9.17) is 35.3 Å². The molecular weight excluding hydrogens is 292 g/mol. The first-order valence-corrected chi connectivity index (χ1v) is 5.98. The molecule has 5 N–H and O–H groups in total. The van der Waals surface area contributed by atoms with E-state index in [-0.39, 0.29) is 5.96 Å². The first-order chi connectivity index (χ1) is 10.3. The highest BCUT2D eigenvalue weighted by atomic mass is 16.5. The number of nitrogens with two attached hydrogens (primary N) is 1. The molecule has 0 unspecified atom stereocenters. The average molecular weight is 312 g/mol. The van der Waals surface area contributed by atoms with Gasteiger partial charge in [0.1, 0.15) is 0 Å². The van der Waals surface area contributed by atoms with Crippen LogP contribution in [0.3, 0.4) is 0 Å². The first-order valence-electron chi connectivity index (χ1n) is 5.98. The van der Waals surface area contributed by atoms with Crippen LogP contribution in [0.15, 0.2) is 17.2 Å². The summed E-state index contributed by atoms with van der Waals surface area (Å²) in [5.74, 6) is 0.498. The highest BCUT2D eigenvalue weighted by molar-refractivity contribution is 5.84. The van der Waals surface area contributed by atoms with E-state index in [9.17, 15) is 0 Å². The number of guanidine groups is 1. The standard InChI is InChI=1S/C11H16N4O3.C2H4O2/c1-16-8-4-7(6-14-15-11(12)13)5-9(17-2)10(8)18-3;1-2(3)4/h4-6H,1-3H3,(H4,12,13,15);1H3,(H,3,4)/b14-6+;. The zero-order valence-corrected chi connectivity index (χ0v) is 12.8. The largest absolute Gasteiger partial charge is 0.493 e. The Morgan fingerprint density at radius 3 is 2.05 bits per heavy atom. The van der Waals surface area contributed by atoms with Crippen LogP contribution in [-0.2, 0) is 4.79 Å². The van der Waals surface area contributed by atoms with Crippen molar-refractivity contribution >= 4 is 18.1 Å². The van der Waals surface area contributed by atoms with Gasteiger partial charge in [-0.1, -0.05) is 0 Å². The minimum absolute atomic E-state index is 0.237. The average Bonchev–Trinajstić information content (AvgIpc) is 2.45. The lowest BCUT2D eigenvalue weighted by atomic mass is 10.2. The Kier molecular flexibility index (Phi) is 8.53. The maximum atomic E-state index is 9.00. The second-order valence-electron chi connectivity index (χ2n) is 3.76. The number of hydrogen-bond acceptors (Lipinski definition) is 6. The molecule has 0 saturated heterocycles. The Balaban J connectivity index is 0.000000980. The number of rotatable bonds is 5. The molecule has 0 heterocycles. The third-order valence-corrected chi connectivity index (χ3v) is 2.09. The summed E-state index contributed by atoms with van der Waals surface area (Å²) >= 11 is 0. The molecule has 0 amide bonds. The Labute approximate surface area is 128 Å². The molecule has 9 heteroatoms. The van der Waals surface area contributed by atoms with Crippen LogP contribution in [0.5, 0.6) is 17.2 Å². The molecule has 0 aliphatic rings. The summed E-state index contributed by atoms with van der Waals surface area (Å²) < 4.78 is 15.6. The van der Waals surface area contributed by atoms with E-state index in [1.54, 1.807) is 12.1 Å². The number of ether oxygens (including phenoxy) is 3. The van der Waals surface area contributed by atoms with Crippen molar-refractivity contribution in [2.75, 3.05) is 21.3 Å². The molecule has 0 atom stereocenters. The van der Waals surface area contributed by atoms with E-state index < -0.39 is 5.97 Å². The maximum Gasteiger partial charge on any atom is 0.300 e. The van der Waals surface area contributed by atoms with E-state index in [1.807, 2.05) is 0 Å². The van der Waals surface area contributed by atoms with Crippen molar-refractivity contribution in [3.05, 3.63) is 17.7 Å². The molecule has 22 heavy (non-hydrogen) atoms. The lowest BCUT2D eigenvalue weighted by Crippen LogP contribution is -2.25. The van der Waals surface area contributed by atoms with Gasteiger partial charge in [-0.25, -0.2) is 5.43 Å². The number of carbonyl (C=O) groups is 1. The van der Waals surface area contributed by atoms with E-state index in [0.29, 0.717) is 17.2 Å². The molecule has 1 rings (SSSR count). The van der Waals surface area contributed by atoms with Crippen molar-refractivity contribution in [2.24, 2.45) is 10.8 Å². The van der Waals surface area contributed by atoms with Gasteiger partial charge >= 0.3 is 0 Å². The molecule has 0 saturated carbocycles. The van der Waals surface area contributed by atoms with Crippen LogP contribution in [0.1, 0.15) is 12.5 Å². The molecule has 0 spiro atoms. The van der Waals surface area contributed by atoms with Gasteiger partial charge in [0.25, 0.3) is 5.97 Å². The molecule has 0 aliphatic carbocycles. The minimum Gasteiger partial charge on any atom is -0.493 e. The molecule has 1 aromatic rings. The summed E-state index contributed by atoms with van der Waals surface area (Å²) in [5, 5.41) is 18.2. The number of carboxylic acids is 1. The zero-order chi connectivity index (χ0) is 17.1. The predicted octanol–water partition coefficient (Wildman–Crippen LogP) is 0.620. The van der Waals surface area contributed by atoms with Gasteiger partial charge in [0.15, 0.2) is 11.5 Å². The molecule has 0 bridgehead atoms. The Bertz CT molecular complexity index is 516. The number of methoxy groups -OCH3 is 3. The van der Waals surface area contributed by atoms with Crippen molar-refractivity contribution in [3.63, 3.8) is 0 Å². The van der Waals surface area contributed by atoms with Crippen LogP contribution in [0.2, 0.25) is 0 Å². The maximum absolute atomic E-state index is 9.00. The molecule has 0 radical (unpaired) electrons. The first kappa shape index (κ1) is 19.0. The summed E-state index contributed by atoms with van der Waals surface area (Å²) in [7, 11) is 4.60. The third-order valence-electron chi connectivity index (χ3n) is 2.09. The van der Waals surface area contributed by atoms with Gasteiger partial charge in [-0.2, -0.15) is 5.10 Å². The smallest absolute Gasteiger partial charge is 0.300 e. The topological polar surface area (TPSA) is 139 Å². The number of carboxylic acid groups (broad SMARTS) is 1. The molecular formula is C13H20N4O5. The fourth-order valence-corrected chi connectivity index (χ4v) is 1.35. The summed E-state index contributed by atoms with van der Waals surface area (Å²) in [4.78, 5) is 9.00. The summed E-state index contributed by atoms with van der Waals surface area (Å²) in [6, 6.07) is 3.46. The number of benzene rings is 1. The van der Waals surface area contributed by atoms with Crippen LogP contribution in [-0.4, -0.2) is 44.6 Å². The predicted molar refractivity (Wildman–Crippen MR) is 82.1 cm³/mol. The van der Waals surface area contributed by atoms with E-state index in [0.717, 1.165) is 12.5 Å². The van der Waals surface area contributed by atoms with Gasteiger partial charge in [-0.3, -0.25) is 10.2 Å². The second-order valence-corrected chi connectivity index (χ2v) is 3.76. The van der Waals surface area contributed by atoms with Crippen LogP contribution >= 0.6 is 0 Å². The highest BCUT2D eigenvalue weighted by Gasteiger charge is 2.12. The molecule has 9 nitrogen and oxygen atoms in total. The van der Waals surface area contributed by atoms with Crippen molar-refractivity contribution in [1.29, 1.82) is 5.41 Å². The van der Waals surface area contributed by atoms with E-state index >= 15 is 0 Å². The third kappa shape index (κ3) is 6.98. The number of nitrogens with zero attached hydrogens (tertiary/aromatic N) is 1. The monoisotopic (exact) mass is 312 g/mol. The minimum atomic E-state index is -0.833. The second kappa shape index (κ2) is 9.86. The van der Waals surface area contributed by atoms with Gasteiger partial charge in [0, 0.05) is 12.5 Å². The van der Waals surface area contributed by atoms with E-state index in [1.165, 1.54) is 27.5 Å². The van der Waals surface area contributed by atoms with Crippen LogP contribution in [0.4, 0.5) is 0 Å². The molecule has 0 fully saturated rings. The summed E-state index contributed by atoms with van der Waals surface area (Å²) in [6.07, 6.45) is 1.49. The van der Waals surface area contributed by atoms with Crippen molar-refractivity contribution in [1.82, 2.24) is 5.43 Å². The normalized spacial score (nSPS) is 9.45. The molecule has 0 aromatic heterocycles. The Hall–Kier alpha value is -2.97. The molecule has 1 aromatic carbocycles. The summed E-state index contributed by atoms with van der Waals surface area (Å²) in [5.41, 5.74) is 8.14. The summed E-state index contributed by atoms with van der Waals surface area (Å²) in [6.45, 7) is 1.08. The fraction of sp³-hybridized carbons (Fsp3) is 0.308. The lowest BCUT2D eigenvalue weighted by Gasteiger charge is -2.12. The number of hydrazone groups is 1. The quantitative estimate of drug-likeness (QED) is 0.355. The van der Waals surface area contributed by atoms with Crippen molar-refractivity contribution < 1.29 is 24.1 Å². The van der Waals surface area contributed by atoms with Crippen molar-refractivity contribution in [3.8, 4) is 17.2 Å². The lowest BCUT2D eigenvalue weighted by molar-refractivity contribution is -0.134. The SMILES string of the molecule is CC(=O)O.COc1cc(/C=N/NC(=N)N)cc(OC)c1OC. The zero-order valence-electron chi connectivity index (χ0n) is 12.8. The number of hydrogen-bond donors (Lipinski definition) is 4. The van der Waals surface area contributed by atoms with Gasteiger partial charge < -0.3 is 25.1 Å². The Morgan fingerprint density at radius 2 is 1.73 bits per heavy atom. The van der Waals surface area contributed by atoms with Gasteiger partial charge in [-0.05, 0) is 12.1 Å². The van der Waals surface area contributed by atoms with Crippen LogP contribution in [0, 0.1) is 5.41 Å². The number of nitrogens with one attached hydrogen (secondary N) is 2. The van der Waals surface area contributed by atoms with Crippen molar-refractivity contribution in [2.45, 2.75) is 6.92 Å². The Morgan fingerprint density at radius 1 is 1.27 bits per heavy atom. The van der Waals surface area contributed by atoms with Gasteiger partial charge in [0.2, 0.25) is 11.7 Å². The number of aliphatic carboxylic acids is 1.